The van der Waals surface area contributed by atoms with Crippen LogP contribution in [0.5, 0.6) is 11.5 Å². The number of ether oxygens (including phenoxy) is 1. The van der Waals surface area contributed by atoms with Crippen molar-refractivity contribution in [3.8, 4) is 11.5 Å². The summed E-state index contributed by atoms with van der Waals surface area (Å²) >= 11 is 0. The third-order valence-electron chi connectivity index (χ3n) is 6.80. The van der Waals surface area contributed by atoms with Crippen molar-refractivity contribution in [2.45, 2.75) is 33.1 Å². The van der Waals surface area contributed by atoms with Crippen LogP contribution in [0.1, 0.15) is 38.8 Å². The summed E-state index contributed by atoms with van der Waals surface area (Å²) < 4.78 is 6.02. The van der Waals surface area contributed by atoms with E-state index in [-0.39, 0.29) is 17.2 Å². The molecule has 0 atom stereocenters. The van der Waals surface area contributed by atoms with E-state index >= 15 is 0 Å². The first-order chi connectivity index (χ1) is 19.2. The highest BCUT2D eigenvalue weighted by molar-refractivity contribution is 6.02. The highest BCUT2D eigenvalue weighted by atomic mass is 16.5. The van der Waals surface area contributed by atoms with Crippen molar-refractivity contribution < 1.29 is 14.3 Å². The number of benzene rings is 2. The average Bonchev–Trinajstić information content (AvgIpc) is 2.92. The third-order valence-corrected chi connectivity index (χ3v) is 6.80. The van der Waals surface area contributed by atoms with E-state index in [4.69, 9.17) is 4.74 Å². The Hall–Kier alpha value is -4.01. The summed E-state index contributed by atoms with van der Waals surface area (Å²) in [7, 11) is 0. The molecule has 8 heteroatoms. The maximum atomic E-state index is 12.6. The summed E-state index contributed by atoms with van der Waals surface area (Å²) in [6, 6.07) is 18.8. The van der Waals surface area contributed by atoms with E-state index in [1.807, 2.05) is 42.5 Å². The molecule has 1 aliphatic rings. The van der Waals surface area contributed by atoms with Crippen LogP contribution in [0, 0.1) is 0 Å². The minimum atomic E-state index is -0.209. The topological polar surface area (TPSA) is 86.8 Å². The molecule has 0 saturated carbocycles. The Bertz CT molecular complexity index is 1340. The van der Waals surface area contributed by atoms with Crippen LogP contribution in [0.4, 0.5) is 11.5 Å². The van der Waals surface area contributed by atoms with E-state index < -0.39 is 0 Å². The molecule has 210 valence electrons. The van der Waals surface area contributed by atoms with Crippen molar-refractivity contribution >= 4 is 29.4 Å². The smallest absolute Gasteiger partial charge is 0.248 e. The van der Waals surface area contributed by atoms with Gasteiger partial charge in [0, 0.05) is 50.2 Å². The SMILES string of the molecule is CCN1CCN(CC(=O)Nc2cc(Oc3cccc(/C=C/C(=O)Nc4cccc(C(C)(C)C)c4)c3)ccn2)CC1. The van der Waals surface area contributed by atoms with E-state index in [0.717, 1.165) is 49.5 Å². The summed E-state index contributed by atoms with van der Waals surface area (Å²) in [6.07, 6.45) is 4.85. The molecule has 0 aliphatic carbocycles. The first-order valence-electron chi connectivity index (χ1n) is 13.8. The molecule has 0 bridgehead atoms. The zero-order chi connectivity index (χ0) is 28.5. The maximum Gasteiger partial charge on any atom is 0.248 e. The van der Waals surface area contributed by atoms with Gasteiger partial charge in [-0.1, -0.05) is 52.0 Å². The second-order valence-corrected chi connectivity index (χ2v) is 11.0. The summed E-state index contributed by atoms with van der Waals surface area (Å²) in [5.74, 6) is 1.30. The number of piperazine rings is 1. The predicted octanol–water partition coefficient (Wildman–Crippen LogP) is 5.40. The number of carbonyl (C=O) groups excluding carboxylic acids is 2. The number of nitrogens with one attached hydrogen (secondary N) is 2. The maximum absolute atomic E-state index is 12.6. The molecule has 3 aromatic rings. The Balaban J connectivity index is 1.31. The third kappa shape index (κ3) is 8.76. The van der Waals surface area contributed by atoms with Gasteiger partial charge in [0.25, 0.3) is 0 Å². The van der Waals surface area contributed by atoms with Crippen molar-refractivity contribution in [3.63, 3.8) is 0 Å². The van der Waals surface area contributed by atoms with Gasteiger partial charge in [-0.25, -0.2) is 4.98 Å². The number of aromatic nitrogens is 1. The monoisotopic (exact) mass is 541 g/mol. The van der Waals surface area contributed by atoms with Crippen LogP contribution < -0.4 is 15.4 Å². The standard InChI is InChI=1S/C32H39N5O3/c1-5-36-16-18-37(19-17-36)23-31(39)35-29-22-28(14-15-33-29)40-27-11-6-8-24(20-27)12-13-30(38)34-26-10-7-9-25(21-26)32(2,3)4/h6-15,20-22H,5,16-19,23H2,1-4H3,(H,34,38)(H,33,35,39)/b13-12+. The van der Waals surface area contributed by atoms with Crippen molar-refractivity contribution in [1.29, 1.82) is 0 Å². The number of rotatable bonds is 9. The molecule has 4 rings (SSSR count). The summed E-state index contributed by atoms with van der Waals surface area (Å²) in [5, 5.41) is 5.80. The first-order valence-corrected chi connectivity index (χ1v) is 13.8. The number of pyridine rings is 1. The molecule has 0 spiro atoms. The number of nitrogens with zero attached hydrogens (tertiary/aromatic N) is 3. The fourth-order valence-corrected chi connectivity index (χ4v) is 4.43. The van der Waals surface area contributed by atoms with Crippen LogP contribution in [0.25, 0.3) is 6.08 Å². The van der Waals surface area contributed by atoms with E-state index in [1.54, 1.807) is 24.4 Å². The summed E-state index contributed by atoms with van der Waals surface area (Å²) in [4.78, 5) is 33.9. The van der Waals surface area contributed by atoms with Gasteiger partial charge in [-0.15, -0.1) is 0 Å². The molecular formula is C32H39N5O3. The average molecular weight is 542 g/mol. The van der Waals surface area contributed by atoms with Gasteiger partial charge in [0.1, 0.15) is 17.3 Å². The van der Waals surface area contributed by atoms with Crippen LogP contribution in [-0.2, 0) is 15.0 Å². The lowest BCUT2D eigenvalue weighted by atomic mass is 9.87. The summed E-state index contributed by atoms with van der Waals surface area (Å²) in [6.45, 7) is 13.7. The Kier molecular flexibility index (Phi) is 9.69. The Morgan fingerprint density at radius 1 is 0.925 bits per heavy atom. The molecule has 2 amide bonds. The largest absolute Gasteiger partial charge is 0.457 e. The number of amides is 2. The first kappa shape index (κ1) is 29.0. The zero-order valence-electron chi connectivity index (χ0n) is 23.8. The van der Waals surface area contributed by atoms with Crippen LogP contribution in [0.15, 0.2) is 72.9 Å². The fourth-order valence-electron chi connectivity index (χ4n) is 4.43. The van der Waals surface area contributed by atoms with Crippen LogP contribution >= 0.6 is 0 Å². The number of anilines is 2. The van der Waals surface area contributed by atoms with Crippen LogP contribution in [0.3, 0.4) is 0 Å². The molecule has 2 heterocycles. The quantitative estimate of drug-likeness (QED) is 0.353. The lowest BCUT2D eigenvalue weighted by Crippen LogP contribution is -2.48. The Labute approximate surface area is 237 Å². The molecular weight excluding hydrogens is 502 g/mol. The number of likely N-dealkylation sites (N-methyl/N-ethyl adjacent to an activating group) is 1. The van der Waals surface area contributed by atoms with Crippen molar-refractivity contribution in [2.75, 3.05) is 49.9 Å². The highest BCUT2D eigenvalue weighted by Gasteiger charge is 2.18. The van der Waals surface area contributed by atoms with E-state index in [2.05, 4.69) is 59.2 Å². The summed E-state index contributed by atoms with van der Waals surface area (Å²) in [5.41, 5.74) is 2.74. The molecule has 1 aromatic heterocycles. The number of hydrogen-bond donors (Lipinski definition) is 2. The lowest BCUT2D eigenvalue weighted by Gasteiger charge is -2.33. The number of hydrogen-bond acceptors (Lipinski definition) is 6. The van der Waals surface area contributed by atoms with Crippen LogP contribution in [0.2, 0.25) is 0 Å². The Morgan fingerprint density at radius 2 is 1.65 bits per heavy atom. The molecule has 2 aromatic carbocycles. The van der Waals surface area contributed by atoms with Gasteiger partial charge in [-0.2, -0.15) is 0 Å². The van der Waals surface area contributed by atoms with Crippen LogP contribution in [-0.4, -0.2) is 65.9 Å². The van der Waals surface area contributed by atoms with Crippen molar-refractivity contribution in [2.24, 2.45) is 0 Å². The van der Waals surface area contributed by atoms with Crippen molar-refractivity contribution in [3.05, 3.63) is 84.1 Å². The van der Waals surface area contributed by atoms with E-state index in [1.165, 1.54) is 6.08 Å². The molecule has 1 saturated heterocycles. The molecule has 0 unspecified atom stereocenters. The fraction of sp³-hybridized carbons (Fsp3) is 0.344. The van der Waals surface area contributed by atoms with Gasteiger partial charge in [-0.05, 0) is 59.5 Å². The highest BCUT2D eigenvalue weighted by Crippen LogP contribution is 2.26. The normalized spacial score (nSPS) is 14.7. The van der Waals surface area contributed by atoms with Gasteiger partial charge < -0.3 is 20.3 Å². The lowest BCUT2D eigenvalue weighted by molar-refractivity contribution is -0.117. The second kappa shape index (κ2) is 13.4. The zero-order valence-corrected chi connectivity index (χ0v) is 23.8. The second-order valence-electron chi connectivity index (χ2n) is 11.0. The molecule has 0 radical (unpaired) electrons. The molecule has 1 fully saturated rings. The minimum absolute atomic E-state index is 0.00242. The molecule has 8 nitrogen and oxygen atoms in total. The minimum Gasteiger partial charge on any atom is -0.457 e. The van der Waals surface area contributed by atoms with E-state index in [0.29, 0.717) is 23.9 Å². The van der Waals surface area contributed by atoms with E-state index in [9.17, 15) is 9.59 Å². The van der Waals surface area contributed by atoms with Gasteiger partial charge >= 0.3 is 0 Å². The Morgan fingerprint density at radius 3 is 2.40 bits per heavy atom. The van der Waals surface area contributed by atoms with Gasteiger partial charge in [0.2, 0.25) is 11.8 Å². The number of carbonyl (C=O) groups is 2. The van der Waals surface area contributed by atoms with Crippen molar-refractivity contribution in [1.82, 2.24) is 14.8 Å². The molecule has 1 aliphatic heterocycles. The predicted molar refractivity (Wildman–Crippen MR) is 161 cm³/mol. The van der Waals surface area contributed by atoms with Gasteiger partial charge in [0.05, 0.1) is 6.54 Å². The van der Waals surface area contributed by atoms with Gasteiger partial charge in [-0.3, -0.25) is 14.5 Å². The van der Waals surface area contributed by atoms with Gasteiger partial charge in [0.15, 0.2) is 0 Å². The molecule has 40 heavy (non-hydrogen) atoms. The molecule has 2 N–H and O–H groups in total.